The monoisotopic (exact) mass is 523 g/mol. The highest BCUT2D eigenvalue weighted by molar-refractivity contribution is 5.97. The zero-order valence-corrected chi connectivity index (χ0v) is 22.2. The predicted molar refractivity (Wildman–Crippen MR) is 148 cm³/mol. The summed E-state index contributed by atoms with van der Waals surface area (Å²) in [6, 6.07) is 12.2. The molecule has 38 heavy (non-hydrogen) atoms. The van der Waals surface area contributed by atoms with Crippen molar-refractivity contribution in [1.82, 2.24) is 4.90 Å². The van der Waals surface area contributed by atoms with Gasteiger partial charge in [-0.3, -0.25) is 24.6 Å². The summed E-state index contributed by atoms with van der Waals surface area (Å²) in [7, 11) is 1.62. The number of hydrogen-bond donors (Lipinski definition) is 1. The van der Waals surface area contributed by atoms with Crippen molar-refractivity contribution < 1.29 is 19.2 Å². The number of hydrogen-bond acceptors (Lipinski definition) is 7. The fraction of sp³-hybridized carbons (Fsp3) is 0.500. The zero-order valence-electron chi connectivity index (χ0n) is 22.2. The van der Waals surface area contributed by atoms with Gasteiger partial charge in [-0.05, 0) is 31.0 Å². The molecule has 1 saturated heterocycles. The number of anilines is 3. The summed E-state index contributed by atoms with van der Waals surface area (Å²) in [4.78, 5) is 42.5. The topological polar surface area (TPSA) is 108 Å². The van der Waals surface area contributed by atoms with Crippen LogP contribution in [0.25, 0.3) is 0 Å². The van der Waals surface area contributed by atoms with E-state index in [2.05, 4.69) is 15.1 Å². The molecule has 10 nitrogen and oxygen atoms in total. The first-order valence-corrected chi connectivity index (χ1v) is 13.3. The minimum absolute atomic E-state index is 0.00151. The van der Waals surface area contributed by atoms with Gasteiger partial charge in [0.1, 0.15) is 11.4 Å². The number of amides is 2. The normalized spacial score (nSPS) is 16.6. The Labute approximate surface area is 223 Å². The molecule has 1 N–H and O–H groups in total. The van der Waals surface area contributed by atoms with Crippen LogP contribution >= 0.6 is 0 Å². The second-order valence-electron chi connectivity index (χ2n) is 9.97. The second kappa shape index (κ2) is 12.7. The molecule has 0 spiro atoms. The zero-order chi connectivity index (χ0) is 27.1. The third kappa shape index (κ3) is 6.61. The first kappa shape index (κ1) is 27.4. The maximum atomic E-state index is 13.6. The Morgan fingerprint density at radius 3 is 2.45 bits per heavy atom. The Balaban J connectivity index is 1.42. The molecule has 0 aromatic heterocycles. The molecule has 2 aliphatic rings. The van der Waals surface area contributed by atoms with Crippen LogP contribution in [0.4, 0.5) is 22.7 Å². The number of benzene rings is 2. The van der Waals surface area contributed by atoms with Crippen LogP contribution in [0.5, 0.6) is 5.75 Å². The number of rotatable bonds is 9. The molecule has 204 valence electrons. The third-order valence-electron chi connectivity index (χ3n) is 7.44. The number of piperazine rings is 1. The van der Waals surface area contributed by atoms with Gasteiger partial charge in [0.05, 0.1) is 17.7 Å². The predicted octanol–water partition coefficient (Wildman–Crippen LogP) is 4.30. The van der Waals surface area contributed by atoms with E-state index in [4.69, 9.17) is 4.74 Å². The van der Waals surface area contributed by atoms with Gasteiger partial charge in [0, 0.05) is 69.9 Å². The van der Waals surface area contributed by atoms with Gasteiger partial charge in [0.2, 0.25) is 11.8 Å². The van der Waals surface area contributed by atoms with Crippen molar-refractivity contribution >= 4 is 34.6 Å². The quantitative estimate of drug-likeness (QED) is 0.386. The lowest BCUT2D eigenvalue weighted by Gasteiger charge is -2.38. The molecule has 0 radical (unpaired) electrons. The number of carbonyl (C=O) groups excluding carboxylic acids is 2. The lowest BCUT2D eigenvalue weighted by Crippen LogP contribution is -2.49. The van der Waals surface area contributed by atoms with E-state index in [1.165, 1.54) is 13.0 Å². The maximum Gasteiger partial charge on any atom is 0.292 e. The second-order valence-corrected chi connectivity index (χ2v) is 9.97. The van der Waals surface area contributed by atoms with Gasteiger partial charge in [-0.25, -0.2) is 0 Å². The van der Waals surface area contributed by atoms with Crippen molar-refractivity contribution in [3.63, 3.8) is 0 Å². The summed E-state index contributed by atoms with van der Waals surface area (Å²) in [5, 5.41) is 14.5. The molecule has 0 bridgehead atoms. The Morgan fingerprint density at radius 1 is 1.08 bits per heavy atom. The van der Waals surface area contributed by atoms with Crippen molar-refractivity contribution in [2.24, 2.45) is 5.92 Å². The molecule has 2 aromatic rings. The van der Waals surface area contributed by atoms with Crippen LogP contribution in [0.1, 0.15) is 39.0 Å². The summed E-state index contributed by atoms with van der Waals surface area (Å²) in [6.07, 6.45) is 4.88. The van der Waals surface area contributed by atoms with E-state index in [1.807, 2.05) is 18.2 Å². The first-order chi connectivity index (χ1) is 18.4. The summed E-state index contributed by atoms with van der Waals surface area (Å²) >= 11 is 0. The van der Waals surface area contributed by atoms with E-state index in [0.29, 0.717) is 30.2 Å². The average molecular weight is 524 g/mol. The van der Waals surface area contributed by atoms with Gasteiger partial charge in [-0.1, -0.05) is 31.4 Å². The number of nitrogens with one attached hydrogen (secondary N) is 1. The van der Waals surface area contributed by atoms with Crippen LogP contribution < -0.4 is 19.9 Å². The number of nitro benzene ring substituents is 1. The SMILES string of the molecule is COc1cc(NC(C)=O)ccc1N1CCN(CCN(C(=O)C2CCCCC2)c2ccccc2[N+](=O)[O-])CC1. The minimum Gasteiger partial charge on any atom is -0.495 e. The average Bonchev–Trinajstić information content (AvgIpc) is 2.93. The lowest BCUT2D eigenvalue weighted by atomic mass is 9.88. The van der Waals surface area contributed by atoms with Crippen molar-refractivity contribution in [3.8, 4) is 5.75 Å². The van der Waals surface area contributed by atoms with Crippen LogP contribution in [0, 0.1) is 16.0 Å². The van der Waals surface area contributed by atoms with Crippen molar-refractivity contribution in [2.75, 3.05) is 61.5 Å². The van der Waals surface area contributed by atoms with E-state index in [0.717, 1.165) is 64.0 Å². The van der Waals surface area contributed by atoms with Gasteiger partial charge in [-0.15, -0.1) is 0 Å². The summed E-state index contributed by atoms with van der Waals surface area (Å²) in [5.41, 5.74) is 2.01. The Kier molecular flexibility index (Phi) is 9.17. The lowest BCUT2D eigenvalue weighted by molar-refractivity contribution is -0.384. The smallest absolute Gasteiger partial charge is 0.292 e. The largest absolute Gasteiger partial charge is 0.495 e. The number of carbonyl (C=O) groups is 2. The van der Waals surface area contributed by atoms with Gasteiger partial charge in [0.25, 0.3) is 5.69 Å². The molecule has 2 amide bonds. The Bertz CT molecular complexity index is 1140. The Hall–Kier alpha value is -3.66. The number of para-hydroxylation sites is 2. The first-order valence-electron chi connectivity index (χ1n) is 13.3. The molecule has 1 aliphatic carbocycles. The van der Waals surface area contributed by atoms with Crippen LogP contribution in [0.3, 0.4) is 0 Å². The van der Waals surface area contributed by atoms with Crippen LogP contribution in [-0.4, -0.2) is 68.0 Å². The van der Waals surface area contributed by atoms with Gasteiger partial charge in [-0.2, -0.15) is 0 Å². The van der Waals surface area contributed by atoms with Crippen LogP contribution in [0.15, 0.2) is 42.5 Å². The summed E-state index contributed by atoms with van der Waals surface area (Å²) in [5.74, 6) is 0.491. The highest BCUT2D eigenvalue weighted by Crippen LogP contribution is 2.34. The summed E-state index contributed by atoms with van der Waals surface area (Å²) in [6.45, 7) is 5.65. The fourth-order valence-electron chi connectivity index (χ4n) is 5.44. The standard InChI is InChI=1S/C28H37N5O5/c1-21(34)29-23-12-13-26(27(20-23)38-2)31-17-14-30(15-18-31)16-19-32(28(35)22-8-4-3-5-9-22)24-10-6-7-11-25(24)33(36)37/h6-7,10-13,20,22H,3-5,8-9,14-19H2,1-2H3,(H,29,34). The molecule has 2 fully saturated rings. The van der Waals surface area contributed by atoms with Crippen molar-refractivity contribution in [1.29, 1.82) is 0 Å². The summed E-state index contributed by atoms with van der Waals surface area (Å²) < 4.78 is 5.58. The minimum atomic E-state index is -0.403. The molecular formula is C28H37N5O5. The van der Waals surface area contributed by atoms with E-state index < -0.39 is 4.92 Å². The molecule has 1 aliphatic heterocycles. The Morgan fingerprint density at radius 2 is 1.79 bits per heavy atom. The van der Waals surface area contributed by atoms with E-state index >= 15 is 0 Å². The molecule has 4 rings (SSSR count). The molecular weight excluding hydrogens is 486 g/mol. The maximum absolute atomic E-state index is 13.6. The number of nitrogens with zero attached hydrogens (tertiary/aromatic N) is 4. The van der Waals surface area contributed by atoms with Gasteiger partial charge < -0.3 is 19.9 Å². The van der Waals surface area contributed by atoms with Gasteiger partial charge in [0.15, 0.2) is 0 Å². The van der Waals surface area contributed by atoms with Gasteiger partial charge >= 0.3 is 0 Å². The number of ether oxygens (including phenoxy) is 1. The van der Waals surface area contributed by atoms with Crippen molar-refractivity contribution in [3.05, 3.63) is 52.6 Å². The highest BCUT2D eigenvalue weighted by atomic mass is 16.6. The third-order valence-corrected chi connectivity index (χ3v) is 7.44. The fourth-order valence-corrected chi connectivity index (χ4v) is 5.44. The molecule has 1 heterocycles. The van der Waals surface area contributed by atoms with Crippen LogP contribution in [-0.2, 0) is 9.59 Å². The highest BCUT2D eigenvalue weighted by Gasteiger charge is 2.31. The molecule has 1 saturated carbocycles. The molecule has 10 heteroatoms. The van der Waals surface area contributed by atoms with E-state index in [9.17, 15) is 19.7 Å². The number of methoxy groups -OCH3 is 1. The van der Waals surface area contributed by atoms with E-state index in [1.54, 1.807) is 30.2 Å². The number of nitro groups is 1. The van der Waals surface area contributed by atoms with Crippen LogP contribution in [0.2, 0.25) is 0 Å². The molecule has 0 atom stereocenters. The van der Waals surface area contributed by atoms with Crippen molar-refractivity contribution in [2.45, 2.75) is 39.0 Å². The van der Waals surface area contributed by atoms with E-state index in [-0.39, 0.29) is 23.4 Å². The molecule has 2 aromatic carbocycles. The molecule has 0 unspecified atom stereocenters.